The molecular weight excluding hydrogens is 346 g/mol. The first-order valence-electron chi connectivity index (χ1n) is 8.03. The second-order valence-corrected chi connectivity index (χ2v) is 8.00. The van der Waals surface area contributed by atoms with Gasteiger partial charge in [0.05, 0.1) is 17.5 Å². The van der Waals surface area contributed by atoms with E-state index in [2.05, 4.69) is 0 Å². The molecule has 0 spiro atoms. The van der Waals surface area contributed by atoms with Gasteiger partial charge < -0.3 is 4.74 Å². The lowest BCUT2D eigenvalue weighted by Crippen LogP contribution is -2.30. The average Bonchev–Trinajstić information content (AvgIpc) is 3.06. The van der Waals surface area contributed by atoms with Crippen molar-refractivity contribution in [3.8, 4) is 5.75 Å². The van der Waals surface area contributed by atoms with E-state index in [1.807, 2.05) is 25.1 Å². The van der Waals surface area contributed by atoms with Crippen LogP contribution >= 0.6 is 11.6 Å². The van der Waals surface area contributed by atoms with Crippen LogP contribution < -0.4 is 4.74 Å². The molecule has 0 saturated carbocycles. The fraction of sp³-hybridized carbons (Fsp3) is 0.333. The first-order valence-corrected chi connectivity index (χ1v) is 9.85. The van der Waals surface area contributed by atoms with Crippen LogP contribution in [0.15, 0.2) is 53.4 Å². The molecule has 0 bridgehead atoms. The summed E-state index contributed by atoms with van der Waals surface area (Å²) in [5.74, 6) is 0.667. The number of rotatable bonds is 5. The third-order valence-electron chi connectivity index (χ3n) is 4.21. The van der Waals surface area contributed by atoms with Crippen molar-refractivity contribution in [2.75, 3.05) is 13.2 Å². The summed E-state index contributed by atoms with van der Waals surface area (Å²) in [4.78, 5) is 0.282. The van der Waals surface area contributed by atoms with Crippen LogP contribution in [0.2, 0.25) is 5.02 Å². The van der Waals surface area contributed by atoms with Crippen LogP contribution in [0.1, 0.15) is 31.4 Å². The van der Waals surface area contributed by atoms with Crippen molar-refractivity contribution in [1.82, 2.24) is 4.31 Å². The molecule has 1 fully saturated rings. The molecule has 2 aromatic carbocycles. The van der Waals surface area contributed by atoms with Gasteiger partial charge in [-0.2, -0.15) is 4.31 Å². The normalized spacial score (nSPS) is 18.7. The Morgan fingerprint density at radius 1 is 1.17 bits per heavy atom. The van der Waals surface area contributed by atoms with E-state index in [1.165, 1.54) is 0 Å². The lowest BCUT2D eigenvalue weighted by molar-refractivity contribution is 0.340. The number of ether oxygens (including phenoxy) is 1. The van der Waals surface area contributed by atoms with Gasteiger partial charge in [0.1, 0.15) is 5.75 Å². The minimum absolute atomic E-state index is 0.213. The molecule has 4 nitrogen and oxygen atoms in total. The quantitative estimate of drug-likeness (QED) is 0.795. The zero-order valence-electron chi connectivity index (χ0n) is 13.5. The molecule has 1 heterocycles. The van der Waals surface area contributed by atoms with Crippen molar-refractivity contribution in [3.05, 3.63) is 59.1 Å². The average molecular weight is 366 g/mol. The van der Waals surface area contributed by atoms with Gasteiger partial charge in [0.25, 0.3) is 0 Å². The van der Waals surface area contributed by atoms with Gasteiger partial charge in [0.15, 0.2) is 0 Å². The molecule has 0 aliphatic carbocycles. The minimum Gasteiger partial charge on any atom is -0.494 e. The van der Waals surface area contributed by atoms with Crippen molar-refractivity contribution in [2.24, 2.45) is 0 Å². The van der Waals surface area contributed by atoms with E-state index in [1.54, 1.807) is 34.6 Å². The molecule has 2 aromatic rings. The van der Waals surface area contributed by atoms with E-state index in [0.29, 0.717) is 23.9 Å². The summed E-state index contributed by atoms with van der Waals surface area (Å²) in [6.07, 6.45) is 1.60. The molecule has 1 aliphatic heterocycles. The first-order chi connectivity index (χ1) is 11.5. The molecule has 1 saturated heterocycles. The molecule has 0 aromatic heterocycles. The Kier molecular flexibility index (Phi) is 5.13. The number of halogens is 1. The van der Waals surface area contributed by atoms with Gasteiger partial charge >= 0.3 is 0 Å². The number of hydrogen-bond donors (Lipinski definition) is 0. The highest BCUT2D eigenvalue weighted by Gasteiger charge is 2.36. The largest absolute Gasteiger partial charge is 0.494 e. The Balaban J connectivity index is 1.92. The van der Waals surface area contributed by atoms with Crippen LogP contribution in [0, 0.1) is 0 Å². The first kappa shape index (κ1) is 17.3. The van der Waals surface area contributed by atoms with Crippen molar-refractivity contribution >= 4 is 21.6 Å². The van der Waals surface area contributed by atoms with E-state index in [-0.39, 0.29) is 10.9 Å². The Bertz CT molecular complexity index is 805. The van der Waals surface area contributed by atoms with Crippen molar-refractivity contribution in [3.63, 3.8) is 0 Å². The zero-order chi connectivity index (χ0) is 17.2. The summed E-state index contributed by atoms with van der Waals surface area (Å²) in [5.41, 5.74) is 0.867. The predicted octanol–water partition coefficient (Wildman–Crippen LogP) is 4.26. The van der Waals surface area contributed by atoms with E-state index in [0.717, 1.165) is 18.4 Å². The maximum absolute atomic E-state index is 13.0. The Morgan fingerprint density at radius 2 is 1.88 bits per heavy atom. The van der Waals surface area contributed by atoms with Crippen molar-refractivity contribution in [2.45, 2.75) is 30.7 Å². The standard InChI is InChI=1S/C18H20ClNO3S/c1-2-23-14-9-11-15(12-10-14)24(21,22)20-13-5-8-18(20)16-6-3-4-7-17(16)19/h3-4,6-7,9-12,18H,2,5,8,13H2,1H3. The van der Waals surface area contributed by atoms with Gasteiger partial charge in [0, 0.05) is 11.6 Å². The smallest absolute Gasteiger partial charge is 0.243 e. The summed E-state index contributed by atoms with van der Waals surface area (Å²) in [5, 5.41) is 0.608. The molecule has 1 atom stereocenters. The second kappa shape index (κ2) is 7.13. The Hall–Kier alpha value is -1.56. The predicted molar refractivity (Wildman–Crippen MR) is 94.9 cm³/mol. The summed E-state index contributed by atoms with van der Waals surface area (Å²) >= 11 is 6.28. The van der Waals surface area contributed by atoms with Crippen LogP contribution in [0.5, 0.6) is 5.75 Å². The van der Waals surface area contributed by atoms with Crippen LogP contribution in [-0.2, 0) is 10.0 Å². The SMILES string of the molecule is CCOc1ccc(S(=O)(=O)N2CCCC2c2ccccc2Cl)cc1. The van der Waals surface area contributed by atoms with Gasteiger partial charge in [-0.15, -0.1) is 0 Å². The van der Waals surface area contributed by atoms with Crippen LogP contribution in [-0.4, -0.2) is 25.9 Å². The molecule has 128 valence electrons. The molecule has 1 aliphatic rings. The molecule has 0 amide bonds. The zero-order valence-corrected chi connectivity index (χ0v) is 15.1. The second-order valence-electron chi connectivity index (χ2n) is 5.70. The fourth-order valence-corrected chi connectivity index (χ4v) is 5.03. The number of sulfonamides is 1. The maximum atomic E-state index is 13.0. The molecule has 3 rings (SSSR count). The highest BCUT2D eigenvalue weighted by Crippen LogP contribution is 2.39. The third-order valence-corrected chi connectivity index (χ3v) is 6.48. The van der Waals surface area contributed by atoms with Gasteiger partial charge in [-0.25, -0.2) is 8.42 Å². The molecule has 0 radical (unpaired) electrons. The maximum Gasteiger partial charge on any atom is 0.243 e. The van der Waals surface area contributed by atoms with Crippen molar-refractivity contribution < 1.29 is 13.2 Å². The summed E-state index contributed by atoms with van der Waals surface area (Å²) in [6.45, 7) is 2.95. The third kappa shape index (κ3) is 3.29. The topological polar surface area (TPSA) is 46.6 Å². The number of hydrogen-bond acceptors (Lipinski definition) is 3. The lowest BCUT2D eigenvalue weighted by atomic mass is 10.1. The van der Waals surface area contributed by atoms with Gasteiger partial charge in [-0.3, -0.25) is 0 Å². The molecule has 0 N–H and O–H groups in total. The molecular formula is C18H20ClNO3S. The number of benzene rings is 2. The number of nitrogens with zero attached hydrogens (tertiary/aromatic N) is 1. The highest BCUT2D eigenvalue weighted by atomic mass is 35.5. The van der Waals surface area contributed by atoms with E-state index >= 15 is 0 Å². The Labute approximate surface area is 148 Å². The van der Waals surface area contributed by atoms with E-state index in [9.17, 15) is 8.42 Å². The Morgan fingerprint density at radius 3 is 2.54 bits per heavy atom. The van der Waals surface area contributed by atoms with Crippen LogP contribution in [0.3, 0.4) is 0 Å². The van der Waals surface area contributed by atoms with Gasteiger partial charge in [0.2, 0.25) is 10.0 Å². The van der Waals surface area contributed by atoms with Crippen LogP contribution in [0.4, 0.5) is 0 Å². The van der Waals surface area contributed by atoms with Gasteiger partial charge in [-0.1, -0.05) is 29.8 Å². The summed E-state index contributed by atoms with van der Waals surface area (Å²) in [6, 6.07) is 13.8. The summed E-state index contributed by atoms with van der Waals surface area (Å²) in [7, 11) is -3.57. The molecule has 1 unspecified atom stereocenters. The van der Waals surface area contributed by atoms with E-state index < -0.39 is 10.0 Å². The monoisotopic (exact) mass is 365 g/mol. The lowest BCUT2D eigenvalue weighted by Gasteiger charge is -2.25. The van der Waals surface area contributed by atoms with Crippen molar-refractivity contribution in [1.29, 1.82) is 0 Å². The van der Waals surface area contributed by atoms with E-state index in [4.69, 9.17) is 16.3 Å². The van der Waals surface area contributed by atoms with Gasteiger partial charge in [-0.05, 0) is 55.7 Å². The summed E-state index contributed by atoms with van der Waals surface area (Å²) < 4.78 is 33.0. The minimum atomic E-state index is -3.57. The molecule has 6 heteroatoms. The highest BCUT2D eigenvalue weighted by molar-refractivity contribution is 7.89. The molecule has 24 heavy (non-hydrogen) atoms. The van der Waals surface area contributed by atoms with Crippen LogP contribution in [0.25, 0.3) is 0 Å². The fourth-order valence-electron chi connectivity index (χ4n) is 3.09.